The molecule has 1 saturated heterocycles. The molecule has 92 valence electrons. The molecule has 5 heteroatoms. The van der Waals surface area contributed by atoms with Crippen molar-refractivity contribution in [3.63, 3.8) is 0 Å². The molecule has 4 nitrogen and oxygen atoms in total. The van der Waals surface area contributed by atoms with Gasteiger partial charge in [-0.2, -0.15) is 0 Å². The zero-order valence-electron chi connectivity index (χ0n) is 9.97. The second-order valence-corrected chi connectivity index (χ2v) is 7.10. The predicted molar refractivity (Wildman–Crippen MR) is 72.4 cm³/mol. The van der Waals surface area contributed by atoms with Gasteiger partial charge in [0, 0.05) is 0 Å². The van der Waals surface area contributed by atoms with E-state index in [4.69, 9.17) is 0 Å². The van der Waals surface area contributed by atoms with Gasteiger partial charge in [-0.3, -0.25) is 0 Å². The molecule has 0 amide bonds. The summed E-state index contributed by atoms with van der Waals surface area (Å²) in [6, 6.07) is 2.14. The second-order valence-electron chi connectivity index (χ2n) is 5.12. The second kappa shape index (κ2) is 4.85. The fourth-order valence-corrected chi connectivity index (χ4v) is 3.06. The summed E-state index contributed by atoms with van der Waals surface area (Å²) in [5, 5.41) is 11.6. The molecule has 2 atom stereocenters. The first kappa shape index (κ1) is 11.3. The molecule has 1 aromatic rings. The maximum atomic E-state index is 4.15. The number of aromatic nitrogens is 2. The predicted octanol–water partition coefficient (Wildman–Crippen LogP) is 0.930. The van der Waals surface area contributed by atoms with E-state index in [-0.39, 0.29) is 0 Å². The van der Waals surface area contributed by atoms with E-state index in [1.807, 2.05) is 23.0 Å². The first-order valence-electron chi connectivity index (χ1n) is 6.38. The summed E-state index contributed by atoms with van der Waals surface area (Å²) in [7, 11) is 0. The van der Waals surface area contributed by atoms with Crippen LogP contribution in [-0.2, 0) is 0 Å². The molecule has 1 aliphatic carbocycles. The number of rotatable bonds is 4. The molecule has 0 aromatic carbocycles. The molecular formula is C12H19AsN4. The Balaban J connectivity index is 1.65. The number of hydrogen-bond donors (Lipinski definition) is 1. The summed E-state index contributed by atoms with van der Waals surface area (Å²) in [5.41, 5.74) is 1.22. The van der Waals surface area contributed by atoms with E-state index in [2.05, 4.69) is 26.5 Å². The minimum atomic E-state index is 0.860. The molecule has 1 saturated carbocycles. The Bertz CT molecular complexity index is 394. The molecule has 1 unspecified atom stereocenters. The van der Waals surface area contributed by atoms with E-state index in [1.54, 1.807) is 0 Å². The Hall–Kier alpha value is -0.762. The Morgan fingerprint density at radius 2 is 2.29 bits per heavy atom. The Kier molecular flexibility index (Phi) is 3.23. The molecule has 1 aromatic heterocycles. The van der Waals surface area contributed by atoms with E-state index in [0.717, 1.165) is 29.5 Å². The first-order valence-corrected chi connectivity index (χ1v) is 7.78. The van der Waals surface area contributed by atoms with Crippen LogP contribution in [0.5, 0.6) is 0 Å². The van der Waals surface area contributed by atoms with Crippen molar-refractivity contribution in [2.45, 2.75) is 24.0 Å². The van der Waals surface area contributed by atoms with Gasteiger partial charge in [-0.15, -0.1) is 0 Å². The van der Waals surface area contributed by atoms with Crippen molar-refractivity contribution in [1.29, 1.82) is 0 Å². The molecule has 2 heterocycles. The summed E-state index contributed by atoms with van der Waals surface area (Å²) in [6.45, 7) is 3.39. The summed E-state index contributed by atoms with van der Waals surface area (Å²) >= 11 is 1.86. The molecule has 0 bridgehead atoms. The standard InChI is InChI=1S/C12H19AsN4/c13-10-3-4-17(8-10)11-5-12(16-15-7-11)14-6-9-1-2-9/h5,7,9-10H,1-4,6,8,13H2,(H,14,16)/t10-/m1/s1. The van der Waals surface area contributed by atoms with Gasteiger partial charge < -0.3 is 0 Å². The van der Waals surface area contributed by atoms with E-state index < -0.39 is 0 Å². The van der Waals surface area contributed by atoms with Crippen molar-refractivity contribution < 1.29 is 0 Å². The zero-order valence-corrected chi connectivity index (χ0v) is 12.4. The van der Waals surface area contributed by atoms with Gasteiger partial charge in [-0.05, 0) is 0 Å². The number of anilines is 2. The van der Waals surface area contributed by atoms with Gasteiger partial charge in [0.05, 0.1) is 0 Å². The molecule has 0 spiro atoms. The third-order valence-corrected chi connectivity index (χ3v) is 4.64. The summed E-state index contributed by atoms with van der Waals surface area (Å²) < 4.78 is 0.860. The topological polar surface area (TPSA) is 41.1 Å². The molecule has 1 aliphatic heterocycles. The van der Waals surface area contributed by atoms with Crippen LogP contribution in [0.2, 0.25) is 4.71 Å². The zero-order chi connectivity index (χ0) is 11.7. The van der Waals surface area contributed by atoms with Gasteiger partial charge in [0.15, 0.2) is 0 Å². The van der Waals surface area contributed by atoms with Gasteiger partial charge in [0.1, 0.15) is 0 Å². The molecule has 2 aliphatic rings. The van der Waals surface area contributed by atoms with Crippen LogP contribution in [0.1, 0.15) is 19.3 Å². The number of nitrogens with one attached hydrogen (secondary N) is 1. The Morgan fingerprint density at radius 3 is 3.00 bits per heavy atom. The Morgan fingerprint density at radius 1 is 1.41 bits per heavy atom. The SMILES string of the molecule is [AsH2][C@@H]1CCN(c2cnnc(NCC3CC3)c2)C1. The average molecular weight is 294 g/mol. The van der Waals surface area contributed by atoms with Gasteiger partial charge >= 0.3 is 111 Å². The quantitative estimate of drug-likeness (QED) is 0.839. The van der Waals surface area contributed by atoms with Crippen LogP contribution >= 0.6 is 0 Å². The number of nitrogens with zero attached hydrogens (tertiary/aromatic N) is 3. The first-order chi connectivity index (χ1) is 8.31. The van der Waals surface area contributed by atoms with E-state index in [1.165, 1.54) is 31.5 Å². The van der Waals surface area contributed by atoms with E-state index in [0.29, 0.717) is 0 Å². The average Bonchev–Trinajstić information content (AvgIpc) is 3.08. The van der Waals surface area contributed by atoms with Crippen molar-refractivity contribution in [3.05, 3.63) is 12.3 Å². The van der Waals surface area contributed by atoms with Gasteiger partial charge in [0.25, 0.3) is 0 Å². The van der Waals surface area contributed by atoms with Crippen LogP contribution in [0.15, 0.2) is 12.3 Å². The molecule has 0 radical (unpaired) electrons. The van der Waals surface area contributed by atoms with Crippen LogP contribution < -0.4 is 10.2 Å². The Labute approximate surface area is 111 Å². The van der Waals surface area contributed by atoms with Crippen LogP contribution in [-0.4, -0.2) is 46.7 Å². The summed E-state index contributed by atoms with van der Waals surface area (Å²) in [5.74, 6) is 1.80. The fourth-order valence-electron chi connectivity index (χ4n) is 2.21. The van der Waals surface area contributed by atoms with Gasteiger partial charge in [-0.25, -0.2) is 0 Å². The van der Waals surface area contributed by atoms with E-state index in [9.17, 15) is 0 Å². The molecule has 1 N–H and O–H groups in total. The van der Waals surface area contributed by atoms with Crippen molar-refractivity contribution in [2.75, 3.05) is 29.9 Å². The van der Waals surface area contributed by atoms with Crippen LogP contribution in [0.25, 0.3) is 0 Å². The molecule has 17 heavy (non-hydrogen) atoms. The summed E-state index contributed by atoms with van der Waals surface area (Å²) in [6.07, 6.45) is 5.93. The van der Waals surface area contributed by atoms with Crippen molar-refractivity contribution >= 4 is 28.4 Å². The number of hydrogen-bond acceptors (Lipinski definition) is 4. The molecular weight excluding hydrogens is 275 g/mol. The minimum absolute atomic E-state index is 0.860. The fraction of sp³-hybridized carbons (Fsp3) is 0.667. The van der Waals surface area contributed by atoms with Crippen molar-refractivity contribution in [2.24, 2.45) is 5.92 Å². The van der Waals surface area contributed by atoms with Crippen LogP contribution in [0.4, 0.5) is 11.5 Å². The van der Waals surface area contributed by atoms with E-state index >= 15 is 0 Å². The maximum absolute atomic E-state index is 4.15. The van der Waals surface area contributed by atoms with Crippen LogP contribution in [0, 0.1) is 5.92 Å². The molecule has 3 rings (SSSR count). The van der Waals surface area contributed by atoms with Crippen LogP contribution in [0.3, 0.4) is 0 Å². The summed E-state index contributed by atoms with van der Waals surface area (Å²) in [4.78, 5) is 2.42. The molecule has 2 fully saturated rings. The normalized spacial score (nSPS) is 24.1. The third kappa shape index (κ3) is 2.92. The van der Waals surface area contributed by atoms with Crippen molar-refractivity contribution in [3.8, 4) is 0 Å². The third-order valence-electron chi connectivity index (χ3n) is 3.50. The van der Waals surface area contributed by atoms with Gasteiger partial charge in [0.2, 0.25) is 0 Å². The van der Waals surface area contributed by atoms with Gasteiger partial charge in [-0.1, -0.05) is 0 Å². The monoisotopic (exact) mass is 294 g/mol. The van der Waals surface area contributed by atoms with Crippen molar-refractivity contribution in [1.82, 2.24) is 10.2 Å².